The lowest BCUT2D eigenvalue weighted by atomic mass is 10.2. The molecule has 0 aliphatic heterocycles. The predicted molar refractivity (Wildman–Crippen MR) is 77.5 cm³/mol. The quantitative estimate of drug-likeness (QED) is 0.725. The number of rotatable bonds is 2. The lowest BCUT2D eigenvalue weighted by Gasteiger charge is -2.09. The number of hydrogen-bond donors (Lipinski definition) is 1. The molecule has 0 spiro atoms. The van der Waals surface area contributed by atoms with E-state index in [2.05, 4.69) is 34.5 Å². The van der Waals surface area contributed by atoms with Crippen LogP contribution in [-0.2, 0) is 0 Å². The van der Waals surface area contributed by atoms with Crippen molar-refractivity contribution in [3.8, 4) is 0 Å². The van der Waals surface area contributed by atoms with Crippen LogP contribution in [0, 0.1) is 13.8 Å². The molecule has 0 fully saturated rings. The second kappa shape index (κ2) is 4.55. The van der Waals surface area contributed by atoms with Gasteiger partial charge in [0.2, 0.25) is 5.28 Å². The first-order valence-corrected chi connectivity index (χ1v) is 6.36. The standard InChI is InChI=1S/C14H13ClN4/c1-9-8-19(12-6-4-3-5-11(9)12)18-13-7-10(2)16-14(15)17-13/h3-8H,1-2H3,(H,16,17,18). The van der Waals surface area contributed by atoms with Crippen molar-refractivity contribution in [1.29, 1.82) is 0 Å². The maximum atomic E-state index is 5.87. The molecule has 0 aliphatic rings. The number of nitrogens with one attached hydrogen (secondary N) is 1. The van der Waals surface area contributed by atoms with Crippen LogP contribution in [0.3, 0.4) is 0 Å². The number of anilines is 1. The third-order valence-electron chi connectivity index (χ3n) is 2.97. The zero-order chi connectivity index (χ0) is 13.4. The van der Waals surface area contributed by atoms with Crippen molar-refractivity contribution in [3.05, 3.63) is 53.1 Å². The summed E-state index contributed by atoms with van der Waals surface area (Å²) < 4.78 is 1.95. The topological polar surface area (TPSA) is 42.7 Å². The van der Waals surface area contributed by atoms with Gasteiger partial charge in [0.05, 0.1) is 5.52 Å². The number of aromatic nitrogens is 3. The van der Waals surface area contributed by atoms with E-state index < -0.39 is 0 Å². The molecule has 0 saturated heterocycles. The molecule has 19 heavy (non-hydrogen) atoms. The molecular weight excluding hydrogens is 260 g/mol. The second-order valence-corrected chi connectivity index (χ2v) is 4.81. The zero-order valence-corrected chi connectivity index (χ0v) is 11.4. The van der Waals surface area contributed by atoms with Gasteiger partial charge in [-0.2, -0.15) is 4.98 Å². The first kappa shape index (κ1) is 12.0. The van der Waals surface area contributed by atoms with Crippen LogP contribution < -0.4 is 5.43 Å². The van der Waals surface area contributed by atoms with Crippen LogP contribution in [0.25, 0.3) is 10.9 Å². The fourth-order valence-corrected chi connectivity index (χ4v) is 2.38. The second-order valence-electron chi connectivity index (χ2n) is 4.47. The minimum absolute atomic E-state index is 0.246. The van der Waals surface area contributed by atoms with Gasteiger partial charge in [-0.1, -0.05) is 18.2 Å². The molecule has 0 radical (unpaired) electrons. The maximum Gasteiger partial charge on any atom is 0.224 e. The fraction of sp³-hybridized carbons (Fsp3) is 0.143. The number of hydrogen-bond acceptors (Lipinski definition) is 3. The smallest absolute Gasteiger partial charge is 0.224 e. The lowest BCUT2D eigenvalue weighted by Crippen LogP contribution is -2.09. The maximum absolute atomic E-state index is 5.87. The Kier molecular flexibility index (Phi) is 2.87. The Morgan fingerprint density at radius 1 is 1.16 bits per heavy atom. The molecule has 0 atom stereocenters. The third kappa shape index (κ3) is 2.27. The number of para-hydroxylation sites is 1. The van der Waals surface area contributed by atoms with Crippen molar-refractivity contribution in [2.75, 3.05) is 5.43 Å². The summed E-state index contributed by atoms with van der Waals surface area (Å²) in [5.41, 5.74) is 6.37. The molecule has 0 saturated carbocycles. The molecule has 0 amide bonds. The van der Waals surface area contributed by atoms with Crippen LogP contribution in [0.1, 0.15) is 11.3 Å². The van der Waals surface area contributed by atoms with Gasteiger partial charge >= 0.3 is 0 Å². The van der Waals surface area contributed by atoms with E-state index >= 15 is 0 Å². The number of nitrogens with zero attached hydrogens (tertiary/aromatic N) is 3. The minimum atomic E-state index is 0.246. The Bertz CT molecular complexity index is 728. The number of aryl methyl sites for hydroxylation is 2. The molecule has 0 bridgehead atoms. The number of benzene rings is 1. The predicted octanol–water partition coefficient (Wildman–Crippen LogP) is 3.58. The van der Waals surface area contributed by atoms with Crippen molar-refractivity contribution in [3.63, 3.8) is 0 Å². The summed E-state index contributed by atoms with van der Waals surface area (Å²) in [4.78, 5) is 8.22. The molecule has 0 unspecified atom stereocenters. The number of fused-ring (bicyclic) bond motifs is 1. The highest BCUT2D eigenvalue weighted by molar-refractivity contribution is 6.28. The van der Waals surface area contributed by atoms with Crippen LogP contribution in [-0.4, -0.2) is 14.6 Å². The Balaban J connectivity index is 2.06. The first-order chi connectivity index (χ1) is 9.13. The molecule has 2 aromatic heterocycles. The van der Waals surface area contributed by atoms with E-state index in [0.29, 0.717) is 5.82 Å². The first-order valence-electron chi connectivity index (χ1n) is 5.98. The summed E-state index contributed by atoms with van der Waals surface area (Å²) in [6, 6.07) is 10.1. The third-order valence-corrected chi connectivity index (χ3v) is 3.14. The van der Waals surface area contributed by atoms with Gasteiger partial charge in [-0.3, -0.25) is 10.1 Å². The van der Waals surface area contributed by atoms with Crippen molar-refractivity contribution >= 4 is 28.3 Å². The van der Waals surface area contributed by atoms with Crippen molar-refractivity contribution < 1.29 is 0 Å². The van der Waals surface area contributed by atoms with Crippen LogP contribution in [0.5, 0.6) is 0 Å². The van der Waals surface area contributed by atoms with Crippen LogP contribution in [0.2, 0.25) is 5.28 Å². The van der Waals surface area contributed by atoms with Gasteiger partial charge in [0, 0.05) is 23.3 Å². The molecule has 3 rings (SSSR count). The SMILES string of the molecule is Cc1cc(Nn2cc(C)c3ccccc32)nc(Cl)n1. The lowest BCUT2D eigenvalue weighted by molar-refractivity contribution is 0.969. The van der Waals surface area contributed by atoms with E-state index in [0.717, 1.165) is 11.2 Å². The molecule has 2 heterocycles. The van der Waals surface area contributed by atoms with Gasteiger partial charge < -0.3 is 0 Å². The Labute approximate surface area is 116 Å². The summed E-state index contributed by atoms with van der Waals surface area (Å²) in [6.07, 6.45) is 2.04. The van der Waals surface area contributed by atoms with Gasteiger partial charge in [-0.05, 0) is 37.1 Å². The fourth-order valence-electron chi connectivity index (χ4n) is 2.16. The Hall–Kier alpha value is -2.07. The molecular formula is C14H13ClN4. The van der Waals surface area contributed by atoms with E-state index in [4.69, 9.17) is 11.6 Å². The molecule has 5 heteroatoms. The normalized spacial score (nSPS) is 10.9. The van der Waals surface area contributed by atoms with Crippen molar-refractivity contribution in [2.45, 2.75) is 13.8 Å². The van der Waals surface area contributed by atoms with E-state index in [1.165, 1.54) is 10.9 Å². The van der Waals surface area contributed by atoms with Gasteiger partial charge in [0.25, 0.3) is 0 Å². The molecule has 4 nitrogen and oxygen atoms in total. The van der Waals surface area contributed by atoms with Crippen LogP contribution in [0.4, 0.5) is 5.82 Å². The summed E-state index contributed by atoms with van der Waals surface area (Å²) in [5, 5.41) is 1.46. The highest BCUT2D eigenvalue weighted by Gasteiger charge is 2.06. The van der Waals surface area contributed by atoms with E-state index in [9.17, 15) is 0 Å². The molecule has 3 aromatic rings. The highest BCUT2D eigenvalue weighted by Crippen LogP contribution is 2.20. The Morgan fingerprint density at radius 3 is 2.74 bits per heavy atom. The van der Waals surface area contributed by atoms with E-state index in [1.54, 1.807) is 0 Å². The monoisotopic (exact) mass is 272 g/mol. The summed E-state index contributed by atoms with van der Waals surface area (Å²) in [6.45, 7) is 3.97. The summed E-state index contributed by atoms with van der Waals surface area (Å²) in [5.74, 6) is 0.679. The highest BCUT2D eigenvalue weighted by atomic mass is 35.5. The van der Waals surface area contributed by atoms with Crippen molar-refractivity contribution in [1.82, 2.24) is 14.6 Å². The van der Waals surface area contributed by atoms with Gasteiger partial charge in [0.1, 0.15) is 5.82 Å². The number of halogens is 1. The molecule has 0 aliphatic carbocycles. The van der Waals surface area contributed by atoms with Crippen LogP contribution in [0.15, 0.2) is 36.5 Å². The average Bonchev–Trinajstić information content (AvgIpc) is 2.66. The average molecular weight is 273 g/mol. The minimum Gasteiger partial charge on any atom is -0.277 e. The largest absolute Gasteiger partial charge is 0.277 e. The van der Waals surface area contributed by atoms with E-state index in [-0.39, 0.29) is 5.28 Å². The summed E-state index contributed by atoms with van der Waals surface area (Å²) >= 11 is 5.87. The van der Waals surface area contributed by atoms with E-state index in [1.807, 2.05) is 36.0 Å². The molecule has 1 aromatic carbocycles. The molecule has 96 valence electrons. The van der Waals surface area contributed by atoms with Gasteiger partial charge in [-0.15, -0.1) is 0 Å². The van der Waals surface area contributed by atoms with Gasteiger partial charge in [0.15, 0.2) is 0 Å². The zero-order valence-electron chi connectivity index (χ0n) is 10.7. The van der Waals surface area contributed by atoms with Crippen LogP contribution >= 0.6 is 11.6 Å². The van der Waals surface area contributed by atoms with Crippen molar-refractivity contribution in [2.24, 2.45) is 0 Å². The summed E-state index contributed by atoms with van der Waals surface area (Å²) in [7, 11) is 0. The molecule has 1 N–H and O–H groups in total. The van der Waals surface area contributed by atoms with Gasteiger partial charge in [-0.25, -0.2) is 4.98 Å². The Morgan fingerprint density at radius 2 is 1.95 bits per heavy atom.